The second kappa shape index (κ2) is 8.16. The lowest BCUT2D eigenvalue weighted by molar-refractivity contribution is 0.101. The van der Waals surface area contributed by atoms with Gasteiger partial charge in [-0.3, -0.25) is 9.59 Å². The van der Waals surface area contributed by atoms with Crippen molar-refractivity contribution in [2.75, 3.05) is 12.4 Å². The van der Waals surface area contributed by atoms with Crippen molar-refractivity contribution in [3.05, 3.63) is 93.7 Å². The van der Waals surface area contributed by atoms with Gasteiger partial charge in [0.2, 0.25) is 5.78 Å². The molecule has 30 heavy (non-hydrogen) atoms. The van der Waals surface area contributed by atoms with E-state index in [2.05, 4.69) is 21.2 Å². The molecule has 1 amide bonds. The molecule has 0 unspecified atom stereocenters. The number of benzene rings is 3. The summed E-state index contributed by atoms with van der Waals surface area (Å²) in [7, 11) is 1.58. The number of anilines is 1. The van der Waals surface area contributed by atoms with E-state index in [0.29, 0.717) is 28.1 Å². The Morgan fingerprint density at radius 1 is 0.933 bits per heavy atom. The van der Waals surface area contributed by atoms with E-state index < -0.39 is 0 Å². The van der Waals surface area contributed by atoms with Gasteiger partial charge in [0.25, 0.3) is 5.91 Å². The highest BCUT2D eigenvalue weighted by molar-refractivity contribution is 9.10. The predicted octanol–water partition coefficient (Wildman–Crippen LogP) is 6.00. The number of ether oxygens (including phenoxy) is 1. The van der Waals surface area contributed by atoms with Gasteiger partial charge in [-0.1, -0.05) is 15.9 Å². The Labute approximate surface area is 181 Å². The standard InChI is InChI=1S/C24H18BrNO4/c1-14-20-12-9-18(26-24(28)16-3-7-17(25)8-4-16)13-21(20)30-23(14)22(27)15-5-10-19(29-2)11-6-15/h3-13H,1-2H3,(H,26,28). The molecule has 1 N–H and O–H groups in total. The molecule has 4 rings (SSSR count). The van der Waals surface area contributed by atoms with Crippen molar-refractivity contribution in [1.82, 2.24) is 0 Å². The molecule has 0 aliphatic carbocycles. The molecule has 1 aromatic heterocycles. The smallest absolute Gasteiger partial charge is 0.255 e. The van der Waals surface area contributed by atoms with Gasteiger partial charge in [0.15, 0.2) is 5.76 Å². The van der Waals surface area contributed by atoms with Crippen LogP contribution in [0.1, 0.15) is 32.0 Å². The van der Waals surface area contributed by atoms with Crippen molar-refractivity contribution in [3.63, 3.8) is 0 Å². The molecule has 4 aromatic rings. The van der Waals surface area contributed by atoms with E-state index in [-0.39, 0.29) is 17.5 Å². The monoisotopic (exact) mass is 463 g/mol. The van der Waals surface area contributed by atoms with E-state index in [4.69, 9.17) is 9.15 Å². The summed E-state index contributed by atoms with van der Waals surface area (Å²) < 4.78 is 11.9. The maximum Gasteiger partial charge on any atom is 0.255 e. The maximum atomic E-state index is 12.9. The van der Waals surface area contributed by atoms with Crippen LogP contribution in [0.3, 0.4) is 0 Å². The number of carbonyl (C=O) groups is 2. The fourth-order valence-corrected chi connectivity index (χ4v) is 3.46. The van der Waals surface area contributed by atoms with E-state index in [1.165, 1.54) is 0 Å². The van der Waals surface area contributed by atoms with Crippen molar-refractivity contribution in [1.29, 1.82) is 0 Å². The Morgan fingerprint density at radius 3 is 2.27 bits per heavy atom. The third kappa shape index (κ3) is 3.86. The van der Waals surface area contributed by atoms with Crippen molar-refractivity contribution in [2.24, 2.45) is 0 Å². The first-order chi connectivity index (χ1) is 14.5. The van der Waals surface area contributed by atoms with Gasteiger partial charge in [-0.15, -0.1) is 0 Å². The lowest BCUT2D eigenvalue weighted by Crippen LogP contribution is -2.11. The molecule has 0 saturated heterocycles. The van der Waals surface area contributed by atoms with Crippen molar-refractivity contribution in [3.8, 4) is 5.75 Å². The summed E-state index contributed by atoms with van der Waals surface area (Å²) in [6.07, 6.45) is 0. The number of carbonyl (C=O) groups excluding carboxylic acids is 2. The summed E-state index contributed by atoms with van der Waals surface area (Å²) >= 11 is 3.36. The van der Waals surface area contributed by atoms with E-state index in [1.54, 1.807) is 55.6 Å². The maximum absolute atomic E-state index is 12.9. The number of nitrogens with one attached hydrogen (secondary N) is 1. The molecule has 3 aromatic carbocycles. The minimum atomic E-state index is -0.223. The first-order valence-electron chi connectivity index (χ1n) is 9.25. The minimum Gasteiger partial charge on any atom is -0.497 e. The van der Waals surface area contributed by atoms with Crippen LogP contribution in [0, 0.1) is 6.92 Å². The molecule has 0 bridgehead atoms. The summed E-state index contributed by atoms with van der Waals surface area (Å²) in [5, 5.41) is 3.69. The Bertz CT molecular complexity index is 1240. The van der Waals surface area contributed by atoms with E-state index in [0.717, 1.165) is 15.4 Å². The van der Waals surface area contributed by atoms with Crippen LogP contribution < -0.4 is 10.1 Å². The minimum absolute atomic E-state index is 0.202. The average molecular weight is 464 g/mol. The van der Waals surface area contributed by atoms with Gasteiger partial charge in [0.05, 0.1) is 7.11 Å². The lowest BCUT2D eigenvalue weighted by atomic mass is 10.0. The molecule has 0 spiro atoms. The van der Waals surface area contributed by atoms with Gasteiger partial charge in [-0.2, -0.15) is 0 Å². The number of methoxy groups -OCH3 is 1. The van der Waals surface area contributed by atoms with Crippen molar-refractivity contribution < 1.29 is 18.7 Å². The Morgan fingerprint density at radius 2 is 1.60 bits per heavy atom. The van der Waals surface area contributed by atoms with Gasteiger partial charge >= 0.3 is 0 Å². The summed E-state index contributed by atoms with van der Waals surface area (Å²) in [6, 6.07) is 19.3. The fraction of sp³-hybridized carbons (Fsp3) is 0.0833. The largest absolute Gasteiger partial charge is 0.497 e. The van der Waals surface area contributed by atoms with Crippen molar-refractivity contribution in [2.45, 2.75) is 6.92 Å². The van der Waals surface area contributed by atoms with Gasteiger partial charge < -0.3 is 14.5 Å². The molecule has 0 aliphatic heterocycles. The summed E-state index contributed by atoms with van der Waals surface area (Å²) in [4.78, 5) is 25.4. The van der Waals surface area contributed by atoms with Gasteiger partial charge in [-0.05, 0) is 67.6 Å². The molecule has 150 valence electrons. The number of ketones is 1. The number of fused-ring (bicyclic) bond motifs is 1. The number of hydrogen-bond acceptors (Lipinski definition) is 4. The Hall–Kier alpha value is -3.38. The molecule has 5 nitrogen and oxygen atoms in total. The van der Waals surface area contributed by atoms with E-state index >= 15 is 0 Å². The molecular weight excluding hydrogens is 446 g/mol. The SMILES string of the molecule is COc1ccc(C(=O)c2oc3cc(NC(=O)c4ccc(Br)cc4)ccc3c2C)cc1. The normalized spacial score (nSPS) is 10.8. The molecular formula is C24H18BrNO4. The first-order valence-corrected chi connectivity index (χ1v) is 10.0. The van der Waals surface area contributed by atoms with Crippen LogP contribution in [-0.4, -0.2) is 18.8 Å². The fourth-order valence-electron chi connectivity index (χ4n) is 3.20. The number of halogens is 1. The van der Waals surface area contributed by atoms with Crippen LogP contribution >= 0.6 is 15.9 Å². The van der Waals surface area contributed by atoms with Crippen LogP contribution in [0.4, 0.5) is 5.69 Å². The van der Waals surface area contributed by atoms with Crippen LogP contribution in [0.15, 0.2) is 75.6 Å². The van der Waals surface area contributed by atoms with E-state index in [9.17, 15) is 9.59 Å². The third-order valence-electron chi connectivity index (χ3n) is 4.86. The highest BCUT2D eigenvalue weighted by atomic mass is 79.9. The van der Waals surface area contributed by atoms with Crippen molar-refractivity contribution >= 4 is 44.3 Å². The number of amides is 1. The zero-order chi connectivity index (χ0) is 21.3. The first kappa shape index (κ1) is 19.9. The highest BCUT2D eigenvalue weighted by Gasteiger charge is 2.20. The second-order valence-electron chi connectivity index (χ2n) is 6.79. The Kier molecular flexibility index (Phi) is 5.42. The van der Waals surface area contributed by atoms with E-state index in [1.807, 2.05) is 25.1 Å². The summed E-state index contributed by atoms with van der Waals surface area (Å²) in [5.41, 5.74) is 2.95. The summed E-state index contributed by atoms with van der Waals surface area (Å²) in [5.74, 6) is 0.539. The number of hydrogen-bond donors (Lipinski definition) is 1. The zero-order valence-electron chi connectivity index (χ0n) is 16.4. The Balaban J connectivity index is 1.61. The topological polar surface area (TPSA) is 68.5 Å². The molecule has 0 aliphatic rings. The van der Waals surface area contributed by atoms with Crippen LogP contribution in [0.5, 0.6) is 5.75 Å². The third-order valence-corrected chi connectivity index (χ3v) is 5.39. The average Bonchev–Trinajstić information content (AvgIpc) is 3.09. The number of aryl methyl sites for hydroxylation is 1. The van der Waals surface area contributed by atoms with Gasteiger partial charge in [-0.25, -0.2) is 0 Å². The molecule has 6 heteroatoms. The lowest BCUT2D eigenvalue weighted by Gasteiger charge is -2.05. The number of furan rings is 1. The summed E-state index contributed by atoms with van der Waals surface area (Å²) in [6.45, 7) is 1.85. The van der Waals surface area contributed by atoms with Crippen LogP contribution in [-0.2, 0) is 0 Å². The number of rotatable bonds is 5. The molecule has 0 atom stereocenters. The molecule has 0 fully saturated rings. The molecule has 0 radical (unpaired) electrons. The van der Waals surface area contributed by atoms with Gasteiger partial charge in [0.1, 0.15) is 11.3 Å². The zero-order valence-corrected chi connectivity index (χ0v) is 17.9. The quantitative estimate of drug-likeness (QED) is 0.368. The van der Waals surface area contributed by atoms with Crippen LogP contribution in [0.25, 0.3) is 11.0 Å². The molecule has 1 heterocycles. The second-order valence-corrected chi connectivity index (χ2v) is 7.70. The highest BCUT2D eigenvalue weighted by Crippen LogP contribution is 2.30. The molecule has 0 saturated carbocycles. The van der Waals surface area contributed by atoms with Crippen LogP contribution in [0.2, 0.25) is 0 Å². The predicted molar refractivity (Wildman–Crippen MR) is 119 cm³/mol. The van der Waals surface area contributed by atoms with Gasteiger partial charge in [0, 0.05) is 38.3 Å².